The van der Waals surface area contributed by atoms with Gasteiger partial charge < -0.3 is 110 Å². The number of carbonyl (C=O) groups excluding carboxylic acids is 14. The maximum absolute atomic E-state index is 15.7. The number of halogens is 1. The molecule has 0 aromatic heterocycles. The number of piperidine rings is 1. The number of benzene rings is 4. The summed E-state index contributed by atoms with van der Waals surface area (Å²) >= 11 is 0.710. The molecule has 2 aliphatic carbocycles. The molecule has 12 atom stereocenters. The van der Waals surface area contributed by atoms with E-state index in [1.807, 2.05) is 0 Å². The number of hydrogen-bond donors (Lipinski definition) is 18. The molecular formula is C95H130FN15O24S. The third-order valence-corrected chi connectivity index (χ3v) is 26.4. The molecule has 2 aliphatic heterocycles. The number of nitrogens with two attached hydrogens (primary N) is 1. The van der Waals surface area contributed by atoms with Crippen molar-refractivity contribution >= 4 is 118 Å². The number of nitrogens with zero attached hydrogens (tertiary/aromatic N) is 3. The second-order valence-corrected chi connectivity index (χ2v) is 37.3. The number of unbranched alkanes of at least 4 members (excludes halogenated alkanes) is 1. The van der Waals surface area contributed by atoms with Crippen LogP contribution in [0.1, 0.15) is 201 Å². The molecule has 41 heteroatoms. The van der Waals surface area contributed by atoms with Gasteiger partial charge in [-0.15, -0.1) is 11.8 Å². The summed E-state index contributed by atoms with van der Waals surface area (Å²) < 4.78 is 14.7. The summed E-state index contributed by atoms with van der Waals surface area (Å²) in [6, 6.07) is 0.0200. The average molecular weight is 1920 g/mol. The van der Waals surface area contributed by atoms with E-state index in [-0.39, 0.29) is 89.2 Å². The van der Waals surface area contributed by atoms with Crippen molar-refractivity contribution in [3.8, 4) is 11.5 Å². The number of thioether (sulfide) groups is 1. The fraction of sp³-hybridized carbons (Fsp3) is 0.558. The highest BCUT2D eigenvalue weighted by Crippen LogP contribution is 2.31. The van der Waals surface area contributed by atoms with Crippen molar-refractivity contribution in [2.45, 2.75) is 272 Å². The second kappa shape index (κ2) is 52.9. The lowest BCUT2D eigenvalue weighted by molar-refractivity contribution is -0.149. The molecule has 39 nitrogen and oxygen atoms in total. The first-order valence-corrected chi connectivity index (χ1v) is 47.4. The smallest absolute Gasteiger partial charge is 0.335 e. The zero-order valence-corrected chi connectivity index (χ0v) is 78.4. The molecule has 0 bridgehead atoms. The first-order chi connectivity index (χ1) is 64.6. The molecule has 14 amide bonds. The van der Waals surface area contributed by atoms with Gasteiger partial charge in [0.25, 0.3) is 0 Å². The number of phenolic OH excluding ortho intramolecular Hbond substituents is 2. The minimum Gasteiger partial charge on any atom is -0.508 e. The zero-order valence-electron chi connectivity index (χ0n) is 77.6. The van der Waals surface area contributed by atoms with Gasteiger partial charge in [-0.1, -0.05) is 133 Å². The van der Waals surface area contributed by atoms with Crippen LogP contribution in [0.2, 0.25) is 0 Å². The number of nitrogens with one attached hydrogen (secondary N) is 11. The van der Waals surface area contributed by atoms with Crippen molar-refractivity contribution in [2.24, 2.45) is 23.5 Å². The molecule has 8 rings (SSSR count). The van der Waals surface area contributed by atoms with Gasteiger partial charge in [-0.05, 0) is 167 Å². The van der Waals surface area contributed by atoms with E-state index in [1.165, 1.54) is 113 Å². The van der Waals surface area contributed by atoms with Crippen LogP contribution in [0.15, 0.2) is 97.1 Å². The van der Waals surface area contributed by atoms with Crippen LogP contribution in [0, 0.1) is 23.6 Å². The quantitative estimate of drug-likeness (QED) is 0.0371. The number of rotatable bonds is 29. The van der Waals surface area contributed by atoms with Gasteiger partial charge >= 0.3 is 23.9 Å². The van der Waals surface area contributed by atoms with Crippen LogP contribution < -0.4 is 64.2 Å². The highest BCUT2D eigenvalue weighted by Gasteiger charge is 2.44. The third-order valence-electron chi connectivity index (χ3n) is 25.4. The summed E-state index contributed by atoms with van der Waals surface area (Å²) in [5.74, 6) is -23.5. The number of carbonyl (C=O) groups is 18. The minimum absolute atomic E-state index is 0.0555. The standard InChI is InChI=1S/C95H130FN15O24S/c1-7-8-19-74-90(130)108-95(2,3)94(135)107-71(45-55-17-13-10-14-18-55)87(127)105-72(50-57-22-30-62(96)31-23-57)91(131)111(6)76(51-80(119)120)89(129)104-70(48-59-26-34-64(113)35-27-59)85(125)102-68(47-58-24-32-63(112)33-25-58)83(123)101-67(46-56-20-28-61(29-21-56)93(133)134)82(122)103-69(49-60-40-42-98-43-41-60)84(124)100-66(44-54-15-11-9-12-16-54)86(126)106-73(88(128)99-65(81(97)121)36-38-78(115)116)52-136-53-77(114)109(4)75(37-39-79(117)118)92(132)110(74)5/h20-35,54-55,60,65-76,98,112-113H,7-19,36-53H2,1-6H3,(H2,97,121)(H,99,128)(H,100,124)(H,101,123)(H,102,125)(H,103,122)(H,104,129)(H,105,127)(H,106,126)(H,107,135)(H,108,130)(H,115,116)(H,117,118)(H,119,120)(H,133,134)/t65-,66+,67+,68+,69+,70+,71+,72+,73+,74+,75+,76-/m1/s1. The van der Waals surface area contributed by atoms with E-state index in [0.717, 1.165) is 54.7 Å². The topological polar surface area (TPSA) is 597 Å². The Balaban J connectivity index is 1.29. The predicted molar refractivity (Wildman–Crippen MR) is 495 cm³/mol. The molecule has 0 unspecified atom stereocenters. The largest absolute Gasteiger partial charge is 0.508 e. The molecule has 136 heavy (non-hydrogen) atoms. The maximum Gasteiger partial charge on any atom is 0.335 e. The zero-order chi connectivity index (χ0) is 99.6. The summed E-state index contributed by atoms with van der Waals surface area (Å²) in [7, 11) is 3.49. The van der Waals surface area contributed by atoms with Crippen molar-refractivity contribution in [1.82, 2.24) is 73.2 Å². The van der Waals surface area contributed by atoms with Crippen LogP contribution in [0.3, 0.4) is 0 Å². The van der Waals surface area contributed by atoms with Crippen molar-refractivity contribution in [3.05, 3.63) is 131 Å². The van der Waals surface area contributed by atoms with Gasteiger partial charge in [0.05, 0.1) is 17.7 Å². The van der Waals surface area contributed by atoms with E-state index in [4.69, 9.17) is 5.73 Å². The van der Waals surface area contributed by atoms with Gasteiger partial charge in [0.2, 0.25) is 82.7 Å². The molecule has 4 aromatic rings. The number of amides is 14. The Morgan fingerprint density at radius 2 is 0.882 bits per heavy atom. The number of hydrogen-bond acceptors (Lipinski definition) is 22. The van der Waals surface area contributed by atoms with E-state index in [9.17, 15) is 68.6 Å². The van der Waals surface area contributed by atoms with Crippen LogP contribution in [0.4, 0.5) is 4.39 Å². The Hall–Kier alpha value is -12.8. The molecule has 4 fully saturated rings. The van der Waals surface area contributed by atoms with E-state index < -0.39 is 260 Å². The maximum atomic E-state index is 15.7. The number of carboxylic acid groups (broad SMARTS) is 4. The van der Waals surface area contributed by atoms with Gasteiger partial charge in [0, 0.05) is 65.4 Å². The van der Waals surface area contributed by atoms with Gasteiger partial charge in [-0.2, -0.15) is 0 Å². The predicted octanol–water partition coefficient (Wildman–Crippen LogP) is 2.90. The molecule has 4 aromatic carbocycles. The first-order valence-electron chi connectivity index (χ1n) is 46.3. The van der Waals surface area contributed by atoms with Gasteiger partial charge in [0.15, 0.2) is 0 Å². The normalized spacial score (nSPS) is 23.9. The minimum atomic E-state index is -2.09. The fourth-order valence-electron chi connectivity index (χ4n) is 17.3. The second-order valence-electron chi connectivity index (χ2n) is 36.3. The molecule has 2 saturated heterocycles. The lowest BCUT2D eigenvalue weighted by atomic mass is 9.84. The Morgan fingerprint density at radius 3 is 1.34 bits per heavy atom. The highest BCUT2D eigenvalue weighted by molar-refractivity contribution is 8.00. The summed E-state index contributed by atoms with van der Waals surface area (Å²) in [6.45, 7) is 5.36. The Labute approximate surface area is 792 Å². The number of primary amides is 1. The molecule has 2 saturated carbocycles. The Kier molecular flexibility index (Phi) is 42.2. The Bertz CT molecular complexity index is 4840. The Morgan fingerprint density at radius 1 is 0.471 bits per heavy atom. The fourth-order valence-corrected chi connectivity index (χ4v) is 18.3. The summed E-state index contributed by atoms with van der Waals surface area (Å²) in [4.78, 5) is 265. The molecule has 0 spiro atoms. The number of aromatic hydroxyl groups is 2. The number of aliphatic carboxylic acids is 3. The summed E-state index contributed by atoms with van der Waals surface area (Å²) in [5.41, 5.74) is 4.53. The number of likely N-dealkylation sites (N-methyl/N-ethyl adjacent to an activating group) is 3. The first kappa shape index (κ1) is 109. The third kappa shape index (κ3) is 34.2. The number of phenols is 2. The van der Waals surface area contributed by atoms with Gasteiger partial charge in [0.1, 0.15) is 95.4 Å². The van der Waals surface area contributed by atoms with Gasteiger partial charge in [-0.3, -0.25) is 81.5 Å². The van der Waals surface area contributed by atoms with Crippen LogP contribution in [0.25, 0.3) is 0 Å². The lowest BCUT2D eigenvalue weighted by Gasteiger charge is -2.36. The highest BCUT2D eigenvalue weighted by atomic mass is 32.2. The number of carboxylic acids is 4. The molecule has 2 heterocycles. The number of aromatic carboxylic acids is 1. The van der Waals surface area contributed by atoms with Crippen molar-refractivity contribution < 1.29 is 121 Å². The van der Waals surface area contributed by atoms with E-state index in [2.05, 4.69) is 58.5 Å². The van der Waals surface area contributed by atoms with Crippen LogP contribution in [-0.2, 0) is 107 Å². The monoisotopic (exact) mass is 1920 g/mol. The summed E-state index contributed by atoms with van der Waals surface area (Å²) in [5, 5.41) is 91.5. The van der Waals surface area contributed by atoms with Crippen LogP contribution >= 0.6 is 11.8 Å². The van der Waals surface area contributed by atoms with Crippen molar-refractivity contribution in [2.75, 3.05) is 45.7 Å². The van der Waals surface area contributed by atoms with Crippen molar-refractivity contribution in [3.63, 3.8) is 0 Å². The van der Waals surface area contributed by atoms with E-state index in [0.29, 0.717) is 87.5 Å². The average Bonchev–Trinajstić information content (AvgIpc) is 0.806. The molecule has 19 N–H and O–H groups in total. The molecule has 4 aliphatic rings. The summed E-state index contributed by atoms with van der Waals surface area (Å²) in [6.07, 6.45) is 2.72. The van der Waals surface area contributed by atoms with Crippen LogP contribution in [-0.4, -0.2) is 276 Å². The SMILES string of the molecule is CCCC[C@H]1C(=O)NC(C)(C)C(=O)N[C@@H](CC2CCCCC2)C(=O)N[C@@H](Cc2ccc(F)cc2)C(=O)N(C)[C@H](CC(=O)O)C(=O)N[C@@H](Cc2ccc(O)cc2)C(=O)N[C@@H](Cc2ccc(O)cc2)C(=O)N[C@@H](Cc2ccc(C(=O)O)cc2)C(=O)N[C@@H](CC2CCNCC2)C(=O)N[C@@H](CC2CCCCC2)C(=O)N[C@H](C(=O)N[C@H](CCC(=O)O)C(N)=O)CSCC(=O)N(C)[C@@H](CCC(=O)O)C(=O)N1C. The molecule has 742 valence electrons. The van der Waals surface area contributed by atoms with Gasteiger partial charge in [-0.25, -0.2) is 9.18 Å². The van der Waals surface area contributed by atoms with Crippen LogP contribution in [0.5, 0.6) is 11.5 Å². The molecule has 0 radical (unpaired) electrons. The van der Waals surface area contributed by atoms with E-state index >= 15 is 52.7 Å². The lowest BCUT2D eigenvalue weighted by Crippen LogP contribution is -2.63. The van der Waals surface area contributed by atoms with E-state index in [1.54, 1.807) is 6.92 Å². The molecular weight excluding hydrogens is 1790 g/mol. The van der Waals surface area contributed by atoms with Crippen molar-refractivity contribution in [1.29, 1.82) is 0 Å².